The maximum Gasteiger partial charge on any atom is 0.259 e. The molecule has 0 radical (unpaired) electrons. The van der Waals surface area contributed by atoms with Crippen molar-refractivity contribution in [2.45, 2.75) is 31.5 Å². The van der Waals surface area contributed by atoms with Crippen LogP contribution in [-0.4, -0.2) is 72.0 Å². The molecule has 2 aromatic carbocycles. The molecule has 2 saturated heterocycles. The van der Waals surface area contributed by atoms with E-state index in [1.807, 2.05) is 4.90 Å². The zero-order valence-electron chi connectivity index (χ0n) is 19.3. The van der Waals surface area contributed by atoms with E-state index in [0.29, 0.717) is 22.5 Å². The van der Waals surface area contributed by atoms with Crippen LogP contribution in [0.5, 0.6) is 0 Å². The van der Waals surface area contributed by atoms with Crippen molar-refractivity contribution in [3.8, 4) is 0 Å². The zero-order valence-corrected chi connectivity index (χ0v) is 19.3. The molecule has 0 spiro atoms. The molecule has 2 aromatic rings. The van der Waals surface area contributed by atoms with E-state index < -0.39 is 24.0 Å². The first-order chi connectivity index (χ1) is 16.8. The number of carbonyl (C=O) groups is 3. The van der Waals surface area contributed by atoms with Crippen LogP contribution in [-0.2, 0) is 14.3 Å². The molecule has 184 valence electrons. The van der Waals surface area contributed by atoms with Crippen LogP contribution >= 0.6 is 0 Å². The maximum atomic E-state index is 13.2. The molecule has 5 N–H and O–H groups in total. The Bertz CT molecular complexity index is 1110. The van der Waals surface area contributed by atoms with Gasteiger partial charge in [-0.05, 0) is 61.7 Å². The third-order valence-corrected chi connectivity index (χ3v) is 6.19. The Balaban J connectivity index is 1.44. The first-order valence-corrected chi connectivity index (χ1v) is 11.6. The van der Waals surface area contributed by atoms with Gasteiger partial charge in [-0.15, -0.1) is 0 Å². The first-order valence-electron chi connectivity index (χ1n) is 11.6. The summed E-state index contributed by atoms with van der Waals surface area (Å²) in [6, 6.07) is 13.0. The summed E-state index contributed by atoms with van der Waals surface area (Å²) in [7, 11) is 0. The SMILES string of the molecule is N=C(N)c1ccc(NC(=O)C(O)C2OCCN(c3cccc(C(=O)N4CCCCC4)c3)C2=O)cc1. The van der Waals surface area contributed by atoms with E-state index >= 15 is 0 Å². The van der Waals surface area contributed by atoms with Crippen molar-refractivity contribution in [1.29, 1.82) is 5.41 Å². The average molecular weight is 480 g/mol. The lowest BCUT2D eigenvalue weighted by Crippen LogP contribution is -2.55. The van der Waals surface area contributed by atoms with Crippen LogP contribution in [0.1, 0.15) is 35.2 Å². The monoisotopic (exact) mass is 479 g/mol. The number of nitrogens with zero attached hydrogens (tertiary/aromatic N) is 2. The largest absolute Gasteiger partial charge is 0.384 e. The summed E-state index contributed by atoms with van der Waals surface area (Å²) in [5.74, 6) is -1.53. The lowest BCUT2D eigenvalue weighted by atomic mass is 10.1. The molecule has 3 amide bonds. The summed E-state index contributed by atoms with van der Waals surface area (Å²) in [4.78, 5) is 41.9. The molecule has 2 heterocycles. The second kappa shape index (κ2) is 10.7. The van der Waals surface area contributed by atoms with Crippen LogP contribution in [0.15, 0.2) is 48.5 Å². The summed E-state index contributed by atoms with van der Waals surface area (Å²) >= 11 is 0. The van der Waals surface area contributed by atoms with E-state index in [0.717, 1.165) is 32.4 Å². The highest BCUT2D eigenvalue weighted by Gasteiger charge is 2.39. The van der Waals surface area contributed by atoms with E-state index in [-0.39, 0.29) is 24.9 Å². The number of hydrogen-bond acceptors (Lipinski definition) is 6. The van der Waals surface area contributed by atoms with Gasteiger partial charge in [0.05, 0.1) is 6.61 Å². The number of hydrogen-bond donors (Lipinski definition) is 4. The Labute approximate surface area is 203 Å². The molecule has 2 aliphatic heterocycles. The topological polar surface area (TPSA) is 149 Å². The fourth-order valence-electron chi connectivity index (χ4n) is 4.26. The van der Waals surface area contributed by atoms with Crippen LogP contribution in [0.4, 0.5) is 11.4 Å². The predicted molar refractivity (Wildman–Crippen MR) is 130 cm³/mol. The maximum absolute atomic E-state index is 13.2. The zero-order chi connectivity index (χ0) is 24.9. The third-order valence-electron chi connectivity index (χ3n) is 6.19. The van der Waals surface area contributed by atoms with Gasteiger partial charge in [0, 0.05) is 42.1 Å². The van der Waals surface area contributed by atoms with Crippen molar-refractivity contribution in [3.05, 3.63) is 59.7 Å². The number of benzene rings is 2. The molecular weight excluding hydrogens is 450 g/mol. The number of morpholine rings is 1. The molecule has 0 bridgehead atoms. The number of aliphatic hydroxyl groups excluding tert-OH is 1. The number of nitrogen functional groups attached to an aromatic ring is 1. The standard InChI is InChI=1S/C25H29N5O5/c26-22(27)16-7-9-18(10-8-16)28-23(32)20(31)21-25(34)30(13-14-35-21)19-6-4-5-17(15-19)24(33)29-11-2-1-3-12-29/h4-10,15,20-21,31H,1-3,11-14H2,(H3,26,27)(H,28,32). The van der Waals surface area contributed by atoms with Gasteiger partial charge in [-0.2, -0.15) is 0 Å². The number of anilines is 2. The van der Waals surface area contributed by atoms with Crippen molar-refractivity contribution < 1.29 is 24.2 Å². The van der Waals surface area contributed by atoms with Crippen molar-refractivity contribution in [3.63, 3.8) is 0 Å². The van der Waals surface area contributed by atoms with Crippen LogP contribution in [0.25, 0.3) is 0 Å². The lowest BCUT2D eigenvalue weighted by Gasteiger charge is -2.34. The highest BCUT2D eigenvalue weighted by molar-refractivity contribution is 6.05. The Kier molecular flexibility index (Phi) is 7.42. The minimum atomic E-state index is -1.74. The summed E-state index contributed by atoms with van der Waals surface area (Å²) in [6.07, 6.45) is -0.0450. The number of nitrogens with one attached hydrogen (secondary N) is 2. The first kappa shape index (κ1) is 24.4. The number of amidine groups is 1. The van der Waals surface area contributed by atoms with Crippen molar-refractivity contribution in [2.24, 2.45) is 5.73 Å². The quantitative estimate of drug-likeness (QED) is 0.363. The number of rotatable bonds is 6. The van der Waals surface area contributed by atoms with Crippen molar-refractivity contribution in [1.82, 2.24) is 4.90 Å². The van der Waals surface area contributed by atoms with Gasteiger partial charge < -0.3 is 30.7 Å². The van der Waals surface area contributed by atoms with E-state index in [1.54, 1.807) is 48.5 Å². The molecule has 0 aliphatic carbocycles. The number of aliphatic hydroxyl groups is 1. The van der Waals surface area contributed by atoms with Gasteiger partial charge in [0.2, 0.25) is 0 Å². The summed E-state index contributed by atoms with van der Waals surface area (Å²) in [5.41, 5.74) is 7.30. The molecule has 0 aromatic heterocycles. The minimum Gasteiger partial charge on any atom is -0.384 e. The van der Waals surface area contributed by atoms with Crippen LogP contribution in [0.2, 0.25) is 0 Å². The van der Waals surface area contributed by atoms with Crippen LogP contribution < -0.4 is 16.0 Å². The van der Waals surface area contributed by atoms with Gasteiger partial charge in [-0.3, -0.25) is 19.8 Å². The number of amides is 3. The fourth-order valence-corrected chi connectivity index (χ4v) is 4.26. The molecule has 2 unspecified atom stereocenters. The Morgan fingerprint density at radius 1 is 1.06 bits per heavy atom. The molecule has 10 heteroatoms. The van der Waals surface area contributed by atoms with E-state index in [1.165, 1.54) is 4.90 Å². The van der Waals surface area contributed by atoms with Crippen LogP contribution in [0, 0.1) is 5.41 Å². The smallest absolute Gasteiger partial charge is 0.259 e. The minimum absolute atomic E-state index is 0.0704. The van der Waals surface area contributed by atoms with Gasteiger partial charge in [-0.25, -0.2) is 0 Å². The molecule has 2 aliphatic rings. The van der Waals surface area contributed by atoms with E-state index in [2.05, 4.69) is 5.32 Å². The lowest BCUT2D eigenvalue weighted by molar-refractivity contribution is -0.150. The summed E-state index contributed by atoms with van der Waals surface area (Å²) in [6.45, 7) is 1.80. The normalized spacial score (nSPS) is 19.2. The summed E-state index contributed by atoms with van der Waals surface area (Å²) < 4.78 is 5.46. The molecule has 4 rings (SSSR count). The van der Waals surface area contributed by atoms with Gasteiger partial charge >= 0.3 is 0 Å². The van der Waals surface area contributed by atoms with Crippen molar-refractivity contribution >= 4 is 34.9 Å². The number of likely N-dealkylation sites (tertiary alicyclic amines) is 1. The Morgan fingerprint density at radius 2 is 1.77 bits per heavy atom. The van der Waals surface area contributed by atoms with E-state index in [4.69, 9.17) is 15.9 Å². The highest BCUT2D eigenvalue weighted by atomic mass is 16.5. The summed E-state index contributed by atoms with van der Waals surface area (Å²) in [5, 5.41) is 20.6. The molecule has 0 saturated carbocycles. The molecule has 2 fully saturated rings. The average Bonchev–Trinajstić information content (AvgIpc) is 2.89. The highest BCUT2D eigenvalue weighted by Crippen LogP contribution is 2.23. The second-order valence-corrected chi connectivity index (χ2v) is 8.61. The van der Waals surface area contributed by atoms with Gasteiger partial charge in [-0.1, -0.05) is 6.07 Å². The number of carbonyl (C=O) groups excluding carboxylic acids is 3. The number of piperidine rings is 1. The van der Waals surface area contributed by atoms with E-state index in [9.17, 15) is 19.5 Å². The second-order valence-electron chi connectivity index (χ2n) is 8.61. The van der Waals surface area contributed by atoms with Gasteiger partial charge in [0.1, 0.15) is 5.84 Å². The Hall–Kier alpha value is -3.76. The Morgan fingerprint density at radius 3 is 2.46 bits per heavy atom. The fraction of sp³-hybridized carbons (Fsp3) is 0.360. The van der Waals surface area contributed by atoms with Crippen LogP contribution in [0.3, 0.4) is 0 Å². The molecule has 2 atom stereocenters. The van der Waals surface area contributed by atoms with Gasteiger partial charge in [0.15, 0.2) is 12.2 Å². The number of nitrogens with two attached hydrogens (primary N) is 1. The van der Waals surface area contributed by atoms with Crippen molar-refractivity contribution in [2.75, 3.05) is 36.5 Å². The van der Waals surface area contributed by atoms with Gasteiger partial charge in [0.25, 0.3) is 17.7 Å². The molecular formula is C25H29N5O5. The predicted octanol–water partition coefficient (Wildman–Crippen LogP) is 1.33. The molecule has 35 heavy (non-hydrogen) atoms. The third kappa shape index (κ3) is 5.50. The molecule has 10 nitrogen and oxygen atoms in total. The number of ether oxygens (including phenoxy) is 1.